The Balaban J connectivity index is 0.000000424. The van der Waals surface area contributed by atoms with Crippen LogP contribution >= 0.6 is 0 Å². The summed E-state index contributed by atoms with van der Waals surface area (Å²) in [6.45, 7) is 1.93. The highest BCUT2D eigenvalue weighted by molar-refractivity contribution is 4.51. The summed E-state index contributed by atoms with van der Waals surface area (Å²) >= 11 is 0. The zero-order valence-electron chi connectivity index (χ0n) is 9.23. The van der Waals surface area contributed by atoms with E-state index in [1.807, 2.05) is 0 Å². The second kappa shape index (κ2) is 12.0. The lowest BCUT2D eigenvalue weighted by Gasteiger charge is -2.05. The van der Waals surface area contributed by atoms with Gasteiger partial charge in [0.15, 0.2) is 0 Å². The number of rotatable bonds is 0. The highest BCUT2D eigenvalue weighted by Gasteiger charge is 1.95. The molecule has 0 heterocycles. The number of aliphatic hydroxyl groups excluding tert-OH is 1. The molecule has 1 heteroatoms. The fraction of sp³-hybridized carbons (Fsp3) is 1.00. The first-order valence-corrected chi connectivity index (χ1v) is 6.02. The Morgan fingerprint density at radius 1 is 0.615 bits per heavy atom. The van der Waals surface area contributed by atoms with Crippen molar-refractivity contribution < 1.29 is 5.11 Å². The van der Waals surface area contributed by atoms with Crippen molar-refractivity contribution in [2.24, 2.45) is 0 Å². The second-order valence-electron chi connectivity index (χ2n) is 3.85. The fourth-order valence-corrected chi connectivity index (χ4v) is 1.77. The first-order chi connectivity index (χ1) is 6.41. The Hall–Kier alpha value is -0.0400. The molecule has 1 N–H and O–H groups in total. The highest BCUT2D eigenvalue weighted by atomic mass is 16.2. The van der Waals surface area contributed by atoms with Gasteiger partial charge >= 0.3 is 0 Å². The Morgan fingerprint density at radius 2 is 0.692 bits per heavy atom. The molecule has 1 nitrogen and oxygen atoms in total. The van der Waals surface area contributed by atoms with E-state index in [0.717, 1.165) is 0 Å². The molecule has 0 unspecified atom stereocenters. The summed E-state index contributed by atoms with van der Waals surface area (Å²) < 4.78 is 0. The van der Waals surface area contributed by atoms with Crippen LogP contribution in [0.25, 0.3) is 0 Å². The minimum absolute atomic E-state index is 0.250. The molecule has 1 aliphatic rings. The normalized spacial score (nSPS) is 19.8. The predicted octanol–water partition coefficient (Wildman–Crippen LogP) is 3.90. The first kappa shape index (κ1) is 13.0. The minimum Gasteiger partial charge on any atom is -0.397 e. The van der Waals surface area contributed by atoms with E-state index in [-0.39, 0.29) is 6.61 Å². The van der Waals surface area contributed by atoms with E-state index < -0.39 is 0 Å². The molecule has 1 fully saturated rings. The van der Waals surface area contributed by atoms with E-state index in [1.165, 1.54) is 64.2 Å². The van der Waals surface area contributed by atoms with Crippen molar-refractivity contribution in [3.63, 3.8) is 0 Å². The van der Waals surface area contributed by atoms with Crippen molar-refractivity contribution in [1.29, 1.82) is 0 Å². The average Bonchev–Trinajstić information content (AvgIpc) is 2.16. The van der Waals surface area contributed by atoms with Gasteiger partial charge in [-0.1, -0.05) is 64.2 Å². The maximum Gasteiger partial charge on any atom is 0.0402 e. The maximum atomic E-state index is 7.57. The van der Waals surface area contributed by atoms with Crippen molar-refractivity contribution in [2.75, 3.05) is 6.61 Å². The second-order valence-corrected chi connectivity index (χ2v) is 3.85. The molecular formula is C12H26O. The molecule has 0 atom stereocenters. The molecule has 0 bridgehead atoms. The summed E-state index contributed by atoms with van der Waals surface area (Å²) in [6.07, 6.45) is 15.0. The fourth-order valence-electron chi connectivity index (χ4n) is 1.77. The first-order valence-electron chi connectivity index (χ1n) is 6.02. The third kappa shape index (κ3) is 12.0. The van der Waals surface area contributed by atoms with Crippen LogP contribution < -0.4 is 0 Å². The monoisotopic (exact) mass is 186 g/mol. The third-order valence-electron chi connectivity index (χ3n) is 2.50. The van der Waals surface area contributed by atoms with Gasteiger partial charge in [0.2, 0.25) is 0 Å². The zero-order chi connectivity index (χ0) is 9.78. The topological polar surface area (TPSA) is 20.2 Å². The lowest BCUT2D eigenvalue weighted by molar-refractivity contribution is 0.318. The van der Waals surface area contributed by atoms with Crippen LogP contribution in [-0.4, -0.2) is 11.7 Å². The van der Waals surface area contributed by atoms with Gasteiger partial charge in [-0.25, -0.2) is 0 Å². The lowest BCUT2D eigenvalue weighted by Crippen LogP contribution is -1.85. The Bertz CT molecular complexity index is 48.0. The van der Waals surface area contributed by atoms with Crippen LogP contribution in [0.15, 0.2) is 0 Å². The summed E-state index contributed by atoms with van der Waals surface area (Å²) in [5.74, 6) is 0. The van der Waals surface area contributed by atoms with Crippen molar-refractivity contribution >= 4 is 0 Å². The Labute approximate surface area is 83.5 Å². The van der Waals surface area contributed by atoms with Gasteiger partial charge in [0.25, 0.3) is 0 Å². The molecule has 0 aromatic heterocycles. The van der Waals surface area contributed by atoms with Crippen molar-refractivity contribution in [1.82, 2.24) is 0 Å². The van der Waals surface area contributed by atoms with Gasteiger partial charge in [-0.3, -0.25) is 0 Å². The molecule has 1 saturated carbocycles. The molecule has 80 valence electrons. The van der Waals surface area contributed by atoms with Gasteiger partial charge in [0, 0.05) is 6.61 Å². The van der Waals surface area contributed by atoms with E-state index >= 15 is 0 Å². The van der Waals surface area contributed by atoms with Gasteiger partial charge in [-0.2, -0.15) is 0 Å². The van der Waals surface area contributed by atoms with Crippen LogP contribution in [0.3, 0.4) is 0 Å². The Kier molecular flexibility index (Phi) is 11.9. The van der Waals surface area contributed by atoms with Crippen LogP contribution in [0.4, 0.5) is 0 Å². The minimum atomic E-state index is 0.250. The van der Waals surface area contributed by atoms with Crippen LogP contribution in [0.2, 0.25) is 0 Å². The molecule has 0 saturated heterocycles. The Morgan fingerprint density at radius 3 is 0.769 bits per heavy atom. The number of hydrogen-bond acceptors (Lipinski definition) is 1. The lowest BCUT2D eigenvalue weighted by atomic mass is 10.0. The number of hydrogen-bond donors (Lipinski definition) is 1. The van der Waals surface area contributed by atoms with Crippen LogP contribution in [-0.2, 0) is 0 Å². The predicted molar refractivity (Wildman–Crippen MR) is 58.9 cm³/mol. The maximum absolute atomic E-state index is 7.57. The largest absolute Gasteiger partial charge is 0.397 e. The molecule has 1 rings (SSSR count). The molecule has 0 amide bonds. The molecule has 0 radical (unpaired) electrons. The van der Waals surface area contributed by atoms with E-state index in [9.17, 15) is 0 Å². The molecule has 0 spiro atoms. The van der Waals surface area contributed by atoms with Gasteiger partial charge in [0.1, 0.15) is 0 Å². The third-order valence-corrected chi connectivity index (χ3v) is 2.50. The quantitative estimate of drug-likeness (QED) is 0.608. The average molecular weight is 186 g/mol. The van der Waals surface area contributed by atoms with Crippen LogP contribution in [0.5, 0.6) is 0 Å². The SMILES string of the molecule is C1CCCCCCCCC1.CCO. The van der Waals surface area contributed by atoms with E-state index in [1.54, 1.807) is 6.92 Å². The molecular weight excluding hydrogens is 160 g/mol. The van der Waals surface area contributed by atoms with Crippen molar-refractivity contribution in [2.45, 2.75) is 71.1 Å². The standard InChI is InChI=1S/C10H20.C2H6O/c1-2-4-6-8-10-9-7-5-3-1;1-2-3/h1-10H2;3H,2H2,1H3. The molecule has 0 aliphatic heterocycles. The number of aliphatic hydroxyl groups is 1. The van der Waals surface area contributed by atoms with Gasteiger partial charge in [0.05, 0.1) is 0 Å². The van der Waals surface area contributed by atoms with Gasteiger partial charge < -0.3 is 5.11 Å². The summed E-state index contributed by atoms with van der Waals surface area (Å²) in [6, 6.07) is 0. The highest BCUT2D eigenvalue weighted by Crippen LogP contribution is 2.15. The van der Waals surface area contributed by atoms with Gasteiger partial charge in [-0.15, -0.1) is 0 Å². The summed E-state index contributed by atoms with van der Waals surface area (Å²) in [5, 5.41) is 7.57. The van der Waals surface area contributed by atoms with Crippen LogP contribution in [0, 0.1) is 0 Å². The molecule has 0 aromatic carbocycles. The van der Waals surface area contributed by atoms with Gasteiger partial charge in [-0.05, 0) is 6.92 Å². The van der Waals surface area contributed by atoms with Crippen molar-refractivity contribution in [3.05, 3.63) is 0 Å². The summed E-state index contributed by atoms with van der Waals surface area (Å²) in [4.78, 5) is 0. The van der Waals surface area contributed by atoms with E-state index in [4.69, 9.17) is 5.11 Å². The van der Waals surface area contributed by atoms with Crippen LogP contribution in [0.1, 0.15) is 71.1 Å². The summed E-state index contributed by atoms with van der Waals surface area (Å²) in [7, 11) is 0. The molecule has 0 aromatic rings. The summed E-state index contributed by atoms with van der Waals surface area (Å²) in [5.41, 5.74) is 0. The van der Waals surface area contributed by atoms with Crippen molar-refractivity contribution in [3.8, 4) is 0 Å². The molecule has 13 heavy (non-hydrogen) atoms. The smallest absolute Gasteiger partial charge is 0.0402 e. The molecule has 1 aliphatic carbocycles. The zero-order valence-corrected chi connectivity index (χ0v) is 9.23. The van der Waals surface area contributed by atoms with E-state index in [0.29, 0.717) is 0 Å². The van der Waals surface area contributed by atoms with E-state index in [2.05, 4.69) is 0 Å².